The van der Waals surface area contributed by atoms with Gasteiger partial charge in [-0.1, -0.05) is 47.0 Å². The molecule has 4 rings (SSSR count). The first-order valence-electron chi connectivity index (χ1n) is 9.10. The monoisotopic (exact) mass is 457 g/mol. The quantitative estimate of drug-likeness (QED) is 0.356. The number of hydrogen-bond donors (Lipinski definition) is 0. The van der Waals surface area contributed by atoms with Crippen LogP contribution in [0.3, 0.4) is 0 Å². The van der Waals surface area contributed by atoms with Crippen LogP contribution in [0, 0.1) is 13.8 Å². The predicted octanol–water partition coefficient (Wildman–Crippen LogP) is 6.42. The van der Waals surface area contributed by atoms with Gasteiger partial charge in [-0.3, -0.25) is 0 Å². The molecule has 4 nitrogen and oxygen atoms in total. The highest BCUT2D eigenvalue weighted by Crippen LogP contribution is 2.27. The van der Waals surface area contributed by atoms with Crippen LogP contribution in [0.25, 0.3) is 11.0 Å². The number of aryl methyl sites for hydroxylation is 2. The van der Waals surface area contributed by atoms with Crippen molar-refractivity contribution < 1.29 is 12.8 Å². The molecule has 0 saturated heterocycles. The van der Waals surface area contributed by atoms with Gasteiger partial charge >= 0.3 is 0 Å². The molecule has 152 valence electrons. The minimum Gasteiger partial charge on any atom is -0.437 e. The Kier molecular flexibility index (Phi) is 5.45. The topological polar surface area (TPSA) is 59.6 Å². The molecule has 0 amide bonds. The van der Waals surface area contributed by atoms with Crippen LogP contribution in [0.4, 0.5) is 5.69 Å². The van der Waals surface area contributed by atoms with Crippen LogP contribution >= 0.6 is 23.2 Å². The zero-order chi connectivity index (χ0) is 21.5. The lowest BCUT2D eigenvalue weighted by molar-refractivity contribution is 0.517. The highest BCUT2D eigenvalue weighted by Gasteiger charge is 2.22. The summed E-state index contributed by atoms with van der Waals surface area (Å²) in [6.07, 6.45) is 0. The second-order valence-corrected chi connectivity index (χ2v) is 9.75. The van der Waals surface area contributed by atoms with Crippen LogP contribution in [-0.2, 0) is 9.84 Å². The predicted molar refractivity (Wildman–Crippen MR) is 119 cm³/mol. The maximum atomic E-state index is 13.5. The first kappa shape index (κ1) is 20.7. The minimum atomic E-state index is -3.90. The van der Waals surface area contributed by atoms with Crippen LogP contribution in [-0.4, -0.2) is 8.42 Å². The van der Waals surface area contributed by atoms with Gasteiger partial charge in [-0.25, -0.2) is 13.4 Å². The molecule has 0 N–H and O–H groups in total. The highest BCUT2D eigenvalue weighted by molar-refractivity contribution is 7.91. The molecule has 30 heavy (non-hydrogen) atoms. The van der Waals surface area contributed by atoms with E-state index >= 15 is 0 Å². The molecule has 0 aliphatic carbocycles. The van der Waals surface area contributed by atoms with E-state index in [4.69, 9.17) is 27.6 Å². The Hall–Kier alpha value is -2.60. The van der Waals surface area contributed by atoms with E-state index in [1.165, 1.54) is 0 Å². The largest absolute Gasteiger partial charge is 0.437 e. The molecule has 0 radical (unpaired) electrons. The molecule has 3 aromatic carbocycles. The molecular weight excluding hydrogens is 441 g/mol. The number of hydrogen-bond acceptors (Lipinski definition) is 4. The zero-order valence-corrected chi connectivity index (χ0v) is 18.5. The number of fused-ring (bicyclic) bond motifs is 1. The van der Waals surface area contributed by atoms with E-state index in [0.717, 1.165) is 11.1 Å². The Morgan fingerprint density at radius 1 is 0.833 bits per heavy atom. The van der Waals surface area contributed by atoms with E-state index in [-0.39, 0.29) is 15.3 Å². The molecule has 0 saturated carbocycles. The molecule has 7 heteroatoms. The summed E-state index contributed by atoms with van der Waals surface area (Å²) in [6, 6.07) is 18.4. The Labute approximate surface area is 184 Å². The minimum absolute atomic E-state index is 0.0178. The van der Waals surface area contributed by atoms with Gasteiger partial charge in [-0.2, -0.15) is 0 Å². The summed E-state index contributed by atoms with van der Waals surface area (Å²) in [4.78, 5) is 4.64. The van der Waals surface area contributed by atoms with Crippen LogP contribution in [0.5, 0.6) is 0 Å². The van der Waals surface area contributed by atoms with E-state index in [1.807, 2.05) is 19.9 Å². The second-order valence-electron chi connectivity index (χ2n) is 6.96. The fourth-order valence-electron chi connectivity index (χ4n) is 3.01. The number of halogens is 2. The van der Waals surface area contributed by atoms with Crippen molar-refractivity contribution in [2.24, 2.45) is 4.99 Å². The molecular formula is C23H17Cl2NO3S. The van der Waals surface area contributed by atoms with Crippen LogP contribution in [0.2, 0.25) is 10.0 Å². The van der Waals surface area contributed by atoms with E-state index in [9.17, 15) is 8.42 Å². The smallest absolute Gasteiger partial charge is 0.239 e. The van der Waals surface area contributed by atoms with Gasteiger partial charge in [0.05, 0.1) is 10.6 Å². The van der Waals surface area contributed by atoms with Gasteiger partial charge in [0.25, 0.3) is 0 Å². The molecule has 1 aromatic heterocycles. The lowest BCUT2D eigenvalue weighted by Crippen LogP contribution is -2.16. The summed E-state index contributed by atoms with van der Waals surface area (Å²) in [5.74, 6) is 0. The van der Waals surface area contributed by atoms with E-state index in [0.29, 0.717) is 26.7 Å². The maximum Gasteiger partial charge on any atom is 0.239 e. The SMILES string of the molecule is Cc1ccc(S(=O)(=O)c2cc3cc(Cl)ccc3oc2=Nc2cc(Cl)ccc2C)cc1. The fraction of sp³-hybridized carbons (Fsp3) is 0.0870. The summed E-state index contributed by atoms with van der Waals surface area (Å²) in [5.41, 5.74) is 2.78. The van der Waals surface area contributed by atoms with Crippen LogP contribution in [0.15, 0.2) is 85.9 Å². The first-order chi connectivity index (χ1) is 14.2. The normalized spacial score (nSPS) is 12.5. The Morgan fingerprint density at radius 2 is 1.50 bits per heavy atom. The summed E-state index contributed by atoms with van der Waals surface area (Å²) in [5, 5.41) is 1.54. The van der Waals surface area contributed by atoms with Gasteiger partial charge in [0.1, 0.15) is 10.5 Å². The van der Waals surface area contributed by atoms with Crippen LogP contribution in [0.1, 0.15) is 11.1 Å². The van der Waals surface area contributed by atoms with Gasteiger partial charge in [0.15, 0.2) is 0 Å². The number of rotatable bonds is 3. The maximum absolute atomic E-state index is 13.5. The average molecular weight is 458 g/mol. The van der Waals surface area contributed by atoms with Crippen molar-refractivity contribution in [1.29, 1.82) is 0 Å². The Morgan fingerprint density at radius 3 is 2.23 bits per heavy atom. The third-order valence-corrected chi connectivity index (χ3v) is 6.92. The van der Waals surface area contributed by atoms with E-state index in [1.54, 1.807) is 60.7 Å². The molecule has 0 aliphatic heterocycles. The summed E-state index contributed by atoms with van der Waals surface area (Å²) in [7, 11) is -3.90. The summed E-state index contributed by atoms with van der Waals surface area (Å²) >= 11 is 12.2. The fourth-order valence-corrected chi connectivity index (χ4v) is 4.70. The highest BCUT2D eigenvalue weighted by atomic mass is 35.5. The molecule has 4 aromatic rings. The molecule has 0 unspecified atom stereocenters. The van der Waals surface area contributed by atoms with Crippen molar-refractivity contribution in [3.63, 3.8) is 0 Å². The molecule has 0 fully saturated rings. The second kappa shape index (κ2) is 7.91. The molecule has 0 aliphatic rings. The van der Waals surface area contributed by atoms with Gasteiger partial charge in [-0.15, -0.1) is 0 Å². The summed E-state index contributed by atoms with van der Waals surface area (Å²) < 4.78 is 32.8. The Balaban J connectivity index is 2.06. The third kappa shape index (κ3) is 4.01. The molecule has 1 heterocycles. The number of nitrogens with zero attached hydrogens (tertiary/aromatic N) is 1. The van der Waals surface area contributed by atoms with Gasteiger partial charge in [-0.05, 0) is 67.9 Å². The molecule has 0 spiro atoms. The number of sulfone groups is 1. The van der Waals surface area contributed by atoms with Crippen molar-refractivity contribution >= 4 is 49.7 Å². The lowest BCUT2D eigenvalue weighted by atomic mass is 10.2. The van der Waals surface area contributed by atoms with Crippen LogP contribution < -0.4 is 5.55 Å². The van der Waals surface area contributed by atoms with E-state index in [2.05, 4.69) is 4.99 Å². The molecule has 0 atom stereocenters. The van der Waals surface area contributed by atoms with Crippen molar-refractivity contribution in [2.75, 3.05) is 0 Å². The third-order valence-electron chi connectivity index (χ3n) is 4.69. The van der Waals surface area contributed by atoms with Crippen molar-refractivity contribution in [3.05, 3.63) is 93.5 Å². The zero-order valence-electron chi connectivity index (χ0n) is 16.2. The van der Waals surface area contributed by atoms with Gasteiger partial charge in [0.2, 0.25) is 15.4 Å². The van der Waals surface area contributed by atoms with E-state index < -0.39 is 9.84 Å². The Bertz CT molecular complexity index is 1440. The van der Waals surface area contributed by atoms with Gasteiger partial charge < -0.3 is 4.42 Å². The van der Waals surface area contributed by atoms with Crippen molar-refractivity contribution in [1.82, 2.24) is 0 Å². The summed E-state index contributed by atoms with van der Waals surface area (Å²) in [6.45, 7) is 3.76. The van der Waals surface area contributed by atoms with Crippen molar-refractivity contribution in [3.8, 4) is 0 Å². The first-order valence-corrected chi connectivity index (χ1v) is 11.3. The standard InChI is InChI=1S/C23H17Cl2NO3S/c1-14-3-8-19(9-4-14)30(27,28)22-12-16-11-17(24)7-10-21(16)29-23(22)26-20-13-18(25)6-5-15(20)2/h3-13H,1-2H3. The van der Waals surface area contributed by atoms with Gasteiger partial charge in [0, 0.05) is 15.4 Å². The lowest BCUT2D eigenvalue weighted by Gasteiger charge is -2.08. The van der Waals surface area contributed by atoms with Crippen molar-refractivity contribution in [2.45, 2.75) is 23.6 Å². The number of benzene rings is 3. The average Bonchev–Trinajstić information content (AvgIpc) is 2.70. The molecule has 0 bridgehead atoms.